The van der Waals surface area contributed by atoms with Crippen molar-refractivity contribution in [2.24, 2.45) is 0 Å². The van der Waals surface area contributed by atoms with E-state index in [9.17, 15) is 4.79 Å². The van der Waals surface area contributed by atoms with E-state index >= 15 is 0 Å². The first kappa shape index (κ1) is 21.6. The van der Waals surface area contributed by atoms with Crippen LogP contribution in [0.5, 0.6) is 0 Å². The topological polar surface area (TPSA) is 48.1 Å². The maximum atomic E-state index is 12.7. The first-order valence-electron chi connectivity index (χ1n) is 11.2. The number of hydrogen-bond donors (Lipinski definition) is 1. The monoisotopic (exact) mass is 420 g/mol. The summed E-state index contributed by atoms with van der Waals surface area (Å²) >= 11 is 0. The molecule has 2 fully saturated rings. The van der Waals surface area contributed by atoms with Gasteiger partial charge >= 0.3 is 0 Å². The predicted octanol–water partition coefficient (Wildman–Crippen LogP) is 2.79. The van der Waals surface area contributed by atoms with Gasteiger partial charge in [-0.05, 0) is 17.7 Å². The molecule has 0 saturated carbocycles. The van der Waals surface area contributed by atoms with E-state index in [1.54, 1.807) is 0 Å². The quantitative estimate of drug-likeness (QED) is 0.747. The van der Waals surface area contributed by atoms with Crippen molar-refractivity contribution in [1.82, 2.24) is 9.80 Å². The molecule has 2 heterocycles. The lowest BCUT2D eigenvalue weighted by Crippen LogP contribution is -2.48. The van der Waals surface area contributed by atoms with Gasteiger partial charge in [0.15, 0.2) is 0 Å². The number of morpholine rings is 1. The highest BCUT2D eigenvalue weighted by molar-refractivity contribution is 5.95. The number of piperazine rings is 1. The van der Waals surface area contributed by atoms with Crippen LogP contribution in [0.15, 0.2) is 60.7 Å². The second kappa shape index (κ2) is 11.1. The summed E-state index contributed by atoms with van der Waals surface area (Å²) in [6.07, 6.45) is 4.39. The smallest absolute Gasteiger partial charge is 0.238 e. The summed E-state index contributed by atoms with van der Waals surface area (Å²) in [5, 5.41) is 3.13. The van der Waals surface area contributed by atoms with Gasteiger partial charge in [-0.1, -0.05) is 54.6 Å². The number of nitrogens with zero attached hydrogens (tertiary/aromatic N) is 3. The van der Waals surface area contributed by atoms with Crippen LogP contribution in [0.1, 0.15) is 5.56 Å². The molecule has 2 aliphatic heterocycles. The van der Waals surface area contributed by atoms with Gasteiger partial charge in [0, 0.05) is 45.8 Å². The fourth-order valence-corrected chi connectivity index (χ4v) is 4.08. The number of carbonyl (C=O) groups excluding carboxylic acids is 1. The zero-order valence-corrected chi connectivity index (χ0v) is 18.1. The Kier molecular flexibility index (Phi) is 7.71. The lowest BCUT2D eigenvalue weighted by molar-refractivity contribution is -0.117. The molecule has 2 aromatic rings. The summed E-state index contributed by atoms with van der Waals surface area (Å²) in [5.74, 6) is 0.0538. The van der Waals surface area contributed by atoms with E-state index in [2.05, 4.69) is 62.5 Å². The van der Waals surface area contributed by atoms with Gasteiger partial charge in [-0.25, -0.2) is 0 Å². The third-order valence-corrected chi connectivity index (χ3v) is 5.84. The molecule has 0 aliphatic carbocycles. The maximum Gasteiger partial charge on any atom is 0.238 e. The van der Waals surface area contributed by atoms with Crippen molar-refractivity contribution in [3.63, 3.8) is 0 Å². The number of ether oxygens (including phenoxy) is 1. The van der Waals surface area contributed by atoms with Crippen LogP contribution in [-0.4, -0.2) is 81.3 Å². The minimum absolute atomic E-state index is 0.0538. The van der Waals surface area contributed by atoms with Crippen molar-refractivity contribution in [3.05, 3.63) is 66.2 Å². The van der Waals surface area contributed by atoms with Gasteiger partial charge in [-0.15, -0.1) is 0 Å². The number of para-hydroxylation sites is 2. The summed E-state index contributed by atoms with van der Waals surface area (Å²) in [6, 6.07) is 18.4. The molecule has 0 aromatic heterocycles. The number of amides is 1. The van der Waals surface area contributed by atoms with Gasteiger partial charge in [0.1, 0.15) is 0 Å². The second-order valence-corrected chi connectivity index (χ2v) is 8.05. The highest BCUT2D eigenvalue weighted by atomic mass is 16.5. The fourth-order valence-electron chi connectivity index (χ4n) is 4.08. The molecule has 1 N–H and O–H groups in total. The summed E-state index contributed by atoms with van der Waals surface area (Å²) in [6.45, 7) is 8.34. The van der Waals surface area contributed by atoms with Gasteiger partial charge in [0.25, 0.3) is 0 Å². The number of hydrogen-bond acceptors (Lipinski definition) is 5. The summed E-state index contributed by atoms with van der Waals surface area (Å²) in [4.78, 5) is 19.7. The Morgan fingerprint density at radius 1 is 0.871 bits per heavy atom. The van der Waals surface area contributed by atoms with Gasteiger partial charge in [0.2, 0.25) is 5.91 Å². The molecule has 2 aromatic carbocycles. The molecule has 6 heteroatoms. The number of anilines is 2. The van der Waals surface area contributed by atoms with E-state index in [1.807, 2.05) is 24.3 Å². The molecule has 2 saturated heterocycles. The molecule has 31 heavy (non-hydrogen) atoms. The molecule has 0 spiro atoms. The van der Waals surface area contributed by atoms with E-state index in [1.165, 1.54) is 5.56 Å². The Hall–Kier alpha value is -2.67. The molecular weight excluding hydrogens is 388 g/mol. The highest BCUT2D eigenvalue weighted by Gasteiger charge is 2.20. The predicted molar refractivity (Wildman–Crippen MR) is 126 cm³/mol. The van der Waals surface area contributed by atoms with Crippen LogP contribution in [0, 0.1) is 0 Å². The highest BCUT2D eigenvalue weighted by Crippen LogP contribution is 2.26. The third-order valence-electron chi connectivity index (χ3n) is 5.84. The van der Waals surface area contributed by atoms with Crippen LogP contribution in [-0.2, 0) is 9.53 Å². The maximum absolute atomic E-state index is 12.7. The van der Waals surface area contributed by atoms with Crippen LogP contribution in [0.4, 0.5) is 11.4 Å². The second-order valence-electron chi connectivity index (χ2n) is 8.05. The van der Waals surface area contributed by atoms with Crippen LogP contribution >= 0.6 is 0 Å². The van der Waals surface area contributed by atoms with Crippen LogP contribution < -0.4 is 10.2 Å². The molecule has 4 rings (SSSR count). The van der Waals surface area contributed by atoms with Gasteiger partial charge in [-0.2, -0.15) is 0 Å². The van der Waals surface area contributed by atoms with Crippen LogP contribution in [0.3, 0.4) is 0 Å². The fraction of sp³-hybridized carbons (Fsp3) is 0.400. The van der Waals surface area contributed by atoms with E-state index in [0.29, 0.717) is 6.54 Å². The lowest BCUT2D eigenvalue weighted by atomic mass is 10.2. The van der Waals surface area contributed by atoms with Gasteiger partial charge < -0.3 is 15.0 Å². The largest absolute Gasteiger partial charge is 0.378 e. The molecule has 164 valence electrons. The van der Waals surface area contributed by atoms with Crippen molar-refractivity contribution in [2.45, 2.75) is 0 Å². The lowest BCUT2D eigenvalue weighted by Gasteiger charge is -2.34. The standard InChI is InChI=1S/C25H32N4O2/c30-25(26-23-10-4-5-11-24(23)29-17-19-31-20-18-29)21-28-15-13-27(14-16-28)12-6-9-22-7-2-1-3-8-22/h1-11H,12-21H2,(H,26,30)/b9-6+. The Balaban J connectivity index is 1.22. The average molecular weight is 421 g/mol. The SMILES string of the molecule is O=C(CN1CCN(C/C=C/c2ccccc2)CC1)Nc1ccccc1N1CCOCC1. The van der Waals surface area contributed by atoms with E-state index in [4.69, 9.17) is 4.74 Å². The normalized spacial score (nSPS) is 18.4. The Bertz CT molecular complexity index is 857. The van der Waals surface area contributed by atoms with Crippen LogP contribution in [0.25, 0.3) is 6.08 Å². The molecule has 1 amide bonds. The zero-order valence-electron chi connectivity index (χ0n) is 18.1. The van der Waals surface area contributed by atoms with Crippen LogP contribution in [0.2, 0.25) is 0 Å². The molecule has 0 bridgehead atoms. The average Bonchev–Trinajstić information content (AvgIpc) is 2.82. The van der Waals surface area contributed by atoms with E-state index < -0.39 is 0 Å². The van der Waals surface area contributed by atoms with Crippen molar-refractivity contribution in [3.8, 4) is 0 Å². The molecule has 0 atom stereocenters. The summed E-state index contributed by atoms with van der Waals surface area (Å²) in [7, 11) is 0. The van der Waals surface area contributed by atoms with Crippen molar-refractivity contribution >= 4 is 23.4 Å². The number of benzene rings is 2. The molecular formula is C25H32N4O2. The molecule has 0 radical (unpaired) electrons. The Morgan fingerprint density at radius 3 is 2.32 bits per heavy atom. The molecule has 6 nitrogen and oxygen atoms in total. The van der Waals surface area contributed by atoms with Crippen molar-refractivity contribution in [1.29, 1.82) is 0 Å². The van der Waals surface area contributed by atoms with Gasteiger partial charge in [-0.3, -0.25) is 14.6 Å². The van der Waals surface area contributed by atoms with Crippen molar-refractivity contribution in [2.75, 3.05) is 75.8 Å². The van der Waals surface area contributed by atoms with E-state index in [0.717, 1.165) is 70.4 Å². The zero-order chi connectivity index (χ0) is 21.3. The minimum atomic E-state index is 0.0538. The Labute approximate surface area is 185 Å². The van der Waals surface area contributed by atoms with Crippen molar-refractivity contribution < 1.29 is 9.53 Å². The first-order valence-corrected chi connectivity index (χ1v) is 11.2. The number of nitrogens with one attached hydrogen (secondary N) is 1. The molecule has 0 unspecified atom stereocenters. The minimum Gasteiger partial charge on any atom is -0.378 e. The summed E-state index contributed by atoms with van der Waals surface area (Å²) in [5.41, 5.74) is 3.20. The number of rotatable bonds is 7. The van der Waals surface area contributed by atoms with E-state index in [-0.39, 0.29) is 5.91 Å². The Morgan fingerprint density at radius 2 is 1.55 bits per heavy atom. The number of carbonyl (C=O) groups is 1. The first-order chi connectivity index (χ1) is 15.3. The molecule has 2 aliphatic rings. The van der Waals surface area contributed by atoms with Gasteiger partial charge in [0.05, 0.1) is 31.1 Å². The summed E-state index contributed by atoms with van der Waals surface area (Å²) < 4.78 is 5.45. The third kappa shape index (κ3) is 6.40.